The first-order chi connectivity index (χ1) is 9.06. The molecule has 0 spiro atoms. The van der Waals surface area contributed by atoms with E-state index in [2.05, 4.69) is 0 Å². The van der Waals surface area contributed by atoms with Crippen LogP contribution in [0.1, 0.15) is 15.2 Å². The summed E-state index contributed by atoms with van der Waals surface area (Å²) in [5.41, 5.74) is -0.592. The Morgan fingerprint density at radius 3 is 2.11 bits per heavy atom. The molecule has 0 aliphatic rings. The number of methoxy groups -OCH3 is 2. The molecule has 0 fully saturated rings. The lowest BCUT2D eigenvalue weighted by Gasteiger charge is -2.05. The van der Waals surface area contributed by atoms with Crippen molar-refractivity contribution < 1.29 is 23.0 Å². The molecular formula is C13H10F2O3S. The van der Waals surface area contributed by atoms with Crippen molar-refractivity contribution in [1.29, 1.82) is 0 Å². The summed E-state index contributed by atoms with van der Waals surface area (Å²) in [6.07, 6.45) is 0. The second kappa shape index (κ2) is 5.36. The molecule has 0 radical (unpaired) electrons. The molecule has 3 nitrogen and oxygen atoms in total. The topological polar surface area (TPSA) is 35.5 Å². The molecule has 2 aromatic rings. The highest BCUT2D eigenvalue weighted by Gasteiger charge is 2.22. The van der Waals surface area contributed by atoms with Crippen LogP contribution in [0.25, 0.3) is 0 Å². The van der Waals surface area contributed by atoms with Crippen molar-refractivity contribution in [1.82, 2.24) is 0 Å². The molecule has 6 heteroatoms. The summed E-state index contributed by atoms with van der Waals surface area (Å²) in [4.78, 5) is 12.3. The number of halogens is 2. The number of benzene rings is 1. The zero-order chi connectivity index (χ0) is 14.0. The minimum Gasteiger partial charge on any atom is -0.497 e. The third kappa shape index (κ3) is 2.58. The van der Waals surface area contributed by atoms with Gasteiger partial charge in [0.25, 0.3) is 0 Å². The van der Waals surface area contributed by atoms with Crippen LogP contribution in [0.4, 0.5) is 8.78 Å². The molecule has 1 aromatic carbocycles. The van der Waals surface area contributed by atoms with Crippen LogP contribution in [0.2, 0.25) is 0 Å². The number of hydrogen-bond donors (Lipinski definition) is 0. The van der Waals surface area contributed by atoms with Gasteiger partial charge >= 0.3 is 0 Å². The Kier molecular flexibility index (Phi) is 3.80. The Hall–Kier alpha value is -1.95. The third-order valence-corrected chi connectivity index (χ3v) is 3.42. The first kappa shape index (κ1) is 13.5. The lowest BCUT2D eigenvalue weighted by atomic mass is 10.1. The predicted molar refractivity (Wildman–Crippen MR) is 67.2 cm³/mol. The van der Waals surface area contributed by atoms with Gasteiger partial charge in [-0.1, -0.05) is 0 Å². The largest absolute Gasteiger partial charge is 0.497 e. The van der Waals surface area contributed by atoms with Gasteiger partial charge < -0.3 is 9.47 Å². The van der Waals surface area contributed by atoms with E-state index in [1.54, 1.807) is 5.38 Å². The number of thiophene rings is 1. The van der Waals surface area contributed by atoms with Crippen LogP contribution in [0.15, 0.2) is 23.6 Å². The SMILES string of the molecule is COc1csc(C(=O)c2c(F)cc(OC)cc2F)c1. The number of carbonyl (C=O) groups is 1. The van der Waals surface area contributed by atoms with Gasteiger partial charge in [-0.05, 0) is 0 Å². The van der Waals surface area contributed by atoms with Gasteiger partial charge in [0.05, 0.1) is 24.7 Å². The van der Waals surface area contributed by atoms with Crippen molar-refractivity contribution in [3.8, 4) is 11.5 Å². The van der Waals surface area contributed by atoms with Crippen LogP contribution in [0.5, 0.6) is 11.5 Å². The molecule has 0 unspecified atom stereocenters. The van der Waals surface area contributed by atoms with Crippen molar-refractivity contribution in [2.45, 2.75) is 0 Å². The molecule has 2 rings (SSSR count). The monoisotopic (exact) mass is 284 g/mol. The fourth-order valence-electron chi connectivity index (χ4n) is 1.55. The molecule has 0 saturated carbocycles. The highest BCUT2D eigenvalue weighted by Crippen LogP contribution is 2.27. The van der Waals surface area contributed by atoms with Crippen LogP contribution >= 0.6 is 11.3 Å². The molecule has 100 valence electrons. The Morgan fingerprint density at radius 2 is 1.63 bits per heavy atom. The molecule has 0 saturated heterocycles. The van der Waals surface area contributed by atoms with Crippen LogP contribution in [0, 0.1) is 11.6 Å². The second-order valence-corrected chi connectivity index (χ2v) is 4.56. The van der Waals surface area contributed by atoms with Gasteiger partial charge in [0.2, 0.25) is 5.78 Å². The zero-order valence-electron chi connectivity index (χ0n) is 10.2. The maximum Gasteiger partial charge on any atom is 0.208 e. The van der Waals surface area contributed by atoms with E-state index in [0.29, 0.717) is 5.75 Å². The first-order valence-corrected chi connectivity index (χ1v) is 6.15. The lowest BCUT2D eigenvalue weighted by molar-refractivity contribution is 0.103. The summed E-state index contributed by atoms with van der Waals surface area (Å²) < 4.78 is 37.2. The molecule has 0 atom stereocenters. The van der Waals surface area contributed by atoms with Crippen LogP contribution in [-0.2, 0) is 0 Å². The van der Waals surface area contributed by atoms with E-state index in [0.717, 1.165) is 23.5 Å². The molecule has 0 N–H and O–H groups in total. The molecule has 1 aromatic heterocycles. The smallest absolute Gasteiger partial charge is 0.208 e. The normalized spacial score (nSPS) is 10.3. The molecular weight excluding hydrogens is 274 g/mol. The highest BCUT2D eigenvalue weighted by atomic mass is 32.1. The van der Waals surface area contributed by atoms with Crippen molar-refractivity contribution in [3.05, 3.63) is 45.7 Å². The Morgan fingerprint density at radius 1 is 1.05 bits per heavy atom. The van der Waals surface area contributed by atoms with Gasteiger partial charge in [-0.3, -0.25) is 4.79 Å². The van der Waals surface area contributed by atoms with E-state index >= 15 is 0 Å². The van der Waals surface area contributed by atoms with Crippen molar-refractivity contribution in [2.75, 3.05) is 14.2 Å². The van der Waals surface area contributed by atoms with E-state index in [4.69, 9.17) is 9.47 Å². The summed E-state index contributed by atoms with van der Waals surface area (Å²) in [5, 5.41) is 1.59. The average Bonchev–Trinajstić information content (AvgIpc) is 2.86. The summed E-state index contributed by atoms with van der Waals surface area (Å²) in [6, 6.07) is 3.39. The summed E-state index contributed by atoms with van der Waals surface area (Å²) in [7, 11) is 2.74. The number of ether oxygens (including phenoxy) is 2. The number of carbonyl (C=O) groups excluding carboxylic acids is 1. The van der Waals surface area contributed by atoms with E-state index < -0.39 is 23.0 Å². The molecule has 1 heterocycles. The van der Waals surface area contributed by atoms with Crippen LogP contribution in [-0.4, -0.2) is 20.0 Å². The minimum absolute atomic E-state index is 0.0234. The van der Waals surface area contributed by atoms with E-state index in [9.17, 15) is 13.6 Å². The average molecular weight is 284 g/mol. The fourth-order valence-corrected chi connectivity index (χ4v) is 2.35. The Labute approximate surface area is 112 Å². The van der Waals surface area contributed by atoms with Gasteiger partial charge in [-0.25, -0.2) is 8.78 Å². The van der Waals surface area contributed by atoms with E-state index in [-0.39, 0.29) is 10.6 Å². The fraction of sp³-hybridized carbons (Fsp3) is 0.154. The van der Waals surface area contributed by atoms with Gasteiger partial charge in [0.15, 0.2) is 0 Å². The van der Waals surface area contributed by atoms with Crippen molar-refractivity contribution in [3.63, 3.8) is 0 Å². The van der Waals surface area contributed by atoms with Gasteiger partial charge in [-0.15, -0.1) is 11.3 Å². The number of ketones is 1. The van der Waals surface area contributed by atoms with Gasteiger partial charge in [0, 0.05) is 23.6 Å². The Bertz CT molecular complexity index is 599. The number of rotatable bonds is 4. The molecule has 19 heavy (non-hydrogen) atoms. The standard InChI is InChI=1S/C13H10F2O3S/c1-17-7-3-9(14)12(10(15)4-7)13(16)11-5-8(18-2)6-19-11/h3-6H,1-2H3. The van der Waals surface area contributed by atoms with Crippen LogP contribution in [0.3, 0.4) is 0 Å². The van der Waals surface area contributed by atoms with Crippen LogP contribution < -0.4 is 9.47 Å². The van der Waals surface area contributed by atoms with E-state index in [1.807, 2.05) is 0 Å². The third-order valence-electron chi connectivity index (χ3n) is 2.51. The predicted octanol–water partition coefficient (Wildman–Crippen LogP) is 3.27. The molecule has 0 amide bonds. The van der Waals surface area contributed by atoms with Crippen molar-refractivity contribution in [2.24, 2.45) is 0 Å². The maximum atomic E-state index is 13.8. The van der Waals surface area contributed by atoms with Gasteiger partial charge in [0.1, 0.15) is 23.1 Å². The first-order valence-electron chi connectivity index (χ1n) is 5.27. The lowest BCUT2D eigenvalue weighted by Crippen LogP contribution is -2.06. The molecule has 0 bridgehead atoms. The quantitative estimate of drug-likeness (QED) is 0.808. The molecule has 0 aliphatic heterocycles. The number of hydrogen-bond acceptors (Lipinski definition) is 4. The summed E-state index contributed by atoms with van der Waals surface area (Å²) in [6.45, 7) is 0. The highest BCUT2D eigenvalue weighted by molar-refractivity contribution is 7.12. The Balaban J connectivity index is 2.44. The van der Waals surface area contributed by atoms with E-state index in [1.165, 1.54) is 20.3 Å². The summed E-state index contributed by atoms with van der Waals surface area (Å²) >= 11 is 1.07. The molecule has 0 aliphatic carbocycles. The van der Waals surface area contributed by atoms with Gasteiger partial charge in [-0.2, -0.15) is 0 Å². The maximum absolute atomic E-state index is 13.8. The minimum atomic E-state index is -0.950. The summed E-state index contributed by atoms with van der Waals surface area (Å²) in [5.74, 6) is -2.12. The zero-order valence-corrected chi connectivity index (χ0v) is 11.0. The van der Waals surface area contributed by atoms with Crippen molar-refractivity contribution >= 4 is 17.1 Å². The second-order valence-electron chi connectivity index (χ2n) is 3.65.